The molecular formula is C7H18Cl2N2. The molecule has 4 heteroatoms. The molecule has 0 spiro atoms. The predicted molar refractivity (Wildman–Crippen MR) is 53.2 cm³/mol. The van der Waals surface area contributed by atoms with Gasteiger partial charge in [-0.25, -0.2) is 0 Å². The summed E-state index contributed by atoms with van der Waals surface area (Å²) in [6.07, 6.45) is 5.34. The lowest BCUT2D eigenvalue weighted by Gasteiger charge is -2.27. The third-order valence-corrected chi connectivity index (χ3v) is 2.33. The topological polar surface area (TPSA) is 38.0 Å². The molecule has 0 bridgehead atoms. The van der Waals surface area contributed by atoms with Gasteiger partial charge in [0, 0.05) is 6.04 Å². The van der Waals surface area contributed by atoms with E-state index in [4.69, 9.17) is 5.84 Å². The van der Waals surface area contributed by atoms with Gasteiger partial charge in [-0.2, -0.15) is 0 Å². The van der Waals surface area contributed by atoms with Gasteiger partial charge in [-0.3, -0.25) is 11.3 Å². The molecule has 0 aromatic heterocycles. The highest BCUT2D eigenvalue weighted by Crippen LogP contribution is 2.22. The molecule has 1 saturated carbocycles. The Morgan fingerprint density at radius 3 is 2.09 bits per heavy atom. The minimum Gasteiger partial charge on any atom is -0.271 e. The monoisotopic (exact) mass is 200 g/mol. The molecule has 0 saturated heterocycles. The quantitative estimate of drug-likeness (QED) is 0.502. The van der Waals surface area contributed by atoms with Crippen LogP contribution in [0.3, 0.4) is 0 Å². The van der Waals surface area contributed by atoms with E-state index >= 15 is 0 Å². The third-order valence-electron chi connectivity index (χ3n) is 2.33. The van der Waals surface area contributed by atoms with E-state index in [2.05, 4.69) is 12.3 Å². The first-order valence-corrected chi connectivity index (χ1v) is 3.80. The average molecular weight is 201 g/mol. The zero-order valence-electron chi connectivity index (χ0n) is 6.88. The molecule has 0 heterocycles. The highest BCUT2D eigenvalue weighted by molar-refractivity contribution is 5.85. The summed E-state index contributed by atoms with van der Waals surface area (Å²) in [5, 5.41) is 0. The molecule has 1 fully saturated rings. The Balaban J connectivity index is 0. The molecule has 0 aromatic carbocycles. The summed E-state index contributed by atoms with van der Waals surface area (Å²) in [7, 11) is 0. The summed E-state index contributed by atoms with van der Waals surface area (Å²) < 4.78 is 0. The minimum atomic E-state index is 0. The molecule has 0 aromatic rings. The Morgan fingerprint density at radius 2 is 1.73 bits per heavy atom. The second kappa shape index (κ2) is 7.17. The summed E-state index contributed by atoms with van der Waals surface area (Å²) >= 11 is 0. The lowest BCUT2D eigenvalue weighted by Crippen LogP contribution is -2.41. The zero-order chi connectivity index (χ0) is 6.69. The maximum Gasteiger partial charge on any atom is 0.0236 e. The van der Waals surface area contributed by atoms with Gasteiger partial charge in [0.25, 0.3) is 0 Å². The fourth-order valence-corrected chi connectivity index (χ4v) is 1.56. The number of nitrogens with one attached hydrogen (secondary N) is 1. The van der Waals surface area contributed by atoms with Crippen molar-refractivity contribution in [2.24, 2.45) is 11.8 Å². The molecule has 11 heavy (non-hydrogen) atoms. The van der Waals surface area contributed by atoms with Crippen LogP contribution < -0.4 is 11.3 Å². The number of halogens is 2. The molecule has 70 valence electrons. The van der Waals surface area contributed by atoms with Crippen molar-refractivity contribution in [3.05, 3.63) is 0 Å². The molecule has 2 unspecified atom stereocenters. The second-order valence-electron chi connectivity index (χ2n) is 3.03. The standard InChI is InChI=1S/C7H16N2.2ClH/c1-6-4-2-3-5-7(6)9-8;;/h6-7,9H,2-5,8H2,1H3;2*1H. The fraction of sp³-hybridized carbons (Fsp3) is 1.00. The fourth-order valence-electron chi connectivity index (χ4n) is 1.56. The SMILES string of the molecule is CC1CCCCC1NN.Cl.Cl. The smallest absolute Gasteiger partial charge is 0.0236 e. The highest BCUT2D eigenvalue weighted by Gasteiger charge is 2.18. The van der Waals surface area contributed by atoms with Crippen LogP contribution in [-0.2, 0) is 0 Å². The van der Waals surface area contributed by atoms with Crippen molar-refractivity contribution in [2.75, 3.05) is 0 Å². The average Bonchev–Trinajstić information content (AvgIpc) is 1.89. The molecule has 0 aliphatic heterocycles. The van der Waals surface area contributed by atoms with Crippen LogP contribution in [0.1, 0.15) is 32.6 Å². The van der Waals surface area contributed by atoms with Gasteiger partial charge in [-0.05, 0) is 18.8 Å². The van der Waals surface area contributed by atoms with Gasteiger partial charge in [0.05, 0.1) is 0 Å². The Bertz CT molecular complexity index is 90.5. The second-order valence-corrected chi connectivity index (χ2v) is 3.03. The van der Waals surface area contributed by atoms with E-state index in [0.29, 0.717) is 6.04 Å². The molecule has 0 radical (unpaired) electrons. The Morgan fingerprint density at radius 1 is 1.18 bits per heavy atom. The summed E-state index contributed by atoms with van der Waals surface area (Å²) in [5.41, 5.74) is 2.85. The van der Waals surface area contributed by atoms with Gasteiger partial charge >= 0.3 is 0 Å². The van der Waals surface area contributed by atoms with E-state index in [1.54, 1.807) is 0 Å². The van der Waals surface area contributed by atoms with Crippen molar-refractivity contribution in [3.8, 4) is 0 Å². The van der Waals surface area contributed by atoms with Crippen LogP contribution in [0.15, 0.2) is 0 Å². The van der Waals surface area contributed by atoms with Crippen molar-refractivity contribution < 1.29 is 0 Å². The van der Waals surface area contributed by atoms with Gasteiger partial charge in [-0.1, -0.05) is 19.8 Å². The van der Waals surface area contributed by atoms with E-state index in [1.165, 1.54) is 25.7 Å². The van der Waals surface area contributed by atoms with E-state index in [0.717, 1.165) is 5.92 Å². The number of nitrogens with two attached hydrogens (primary N) is 1. The zero-order valence-corrected chi connectivity index (χ0v) is 8.51. The first-order valence-electron chi connectivity index (χ1n) is 3.80. The van der Waals surface area contributed by atoms with E-state index < -0.39 is 0 Å². The van der Waals surface area contributed by atoms with Crippen LogP contribution in [-0.4, -0.2) is 6.04 Å². The van der Waals surface area contributed by atoms with Crippen LogP contribution in [0.2, 0.25) is 0 Å². The summed E-state index contributed by atoms with van der Waals surface area (Å²) in [5.74, 6) is 6.12. The Kier molecular flexibility index (Phi) is 9.15. The van der Waals surface area contributed by atoms with Crippen LogP contribution in [0.5, 0.6) is 0 Å². The van der Waals surface area contributed by atoms with E-state index in [9.17, 15) is 0 Å². The molecule has 2 atom stereocenters. The van der Waals surface area contributed by atoms with Crippen LogP contribution >= 0.6 is 24.8 Å². The van der Waals surface area contributed by atoms with Crippen molar-refractivity contribution in [3.63, 3.8) is 0 Å². The van der Waals surface area contributed by atoms with Crippen LogP contribution in [0.4, 0.5) is 0 Å². The van der Waals surface area contributed by atoms with E-state index in [1.807, 2.05) is 0 Å². The molecule has 1 rings (SSSR count). The molecule has 1 aliphatic carbocycles. The summed E-state index contributed by atoms with van der Waals surface area (Å²) in [6.45, 7) is 2.27. The largest absolute Gasteiger partial charge is 0.271 e. The van der Waals surface area contributed by atoms with Crippen LogP contribution in [0, 0.1) is 5.92 Å². The normalized spacial score (nSPS) is 30.0. The van der Waals surface area contributed by atoms with Gasteiger partial charge < -0.3 is 0 Å². The predicted octanol–water partition coefficient (Wildman–Crippen LogP) is 1.87. The molecule has 1 aliphatic rings. The molecular weight excluding hydrogens is 183 g/mol. The van der Waals surface area contributed by atoms with Crippen molar-refractivity contribution in [1.29, 1.82) is 0 Å². The lowest BCUT2D eigenvalue weighted by atomic mass is 9.86. The third kappa shape index (κ3) is 4.16. The molecule has 0 amide bonds. The van der Waals surface area contributed by atoms with Crippen molar-refractivity contribution in [2.45, 2.75) is 38.6 Å². The maximum atomic E-state index is 5.34. The van der Waals surface area contributed by atoms with Crippen molar-refractivity contribution >= 4 is 24.8 Å². The van der Waals surface area contributed by atoms with Gasteiger partial charge in [0.2, 0.25) is 0 Å². The number of hydrogen-bond acceptors (Lipinski definition) is 2. The lowest BCUT2D eigenvalue weighted by molar-refractivity contribution is 0.284. The molecule has 2 nitrogen and oxygen atoms in total. The number of hydrogen-bond donors (Lipinski definition) is 2. The number of rotatable bonds is 1. The Hall–Kier alpha value is 0.500. The summed E-state index contributed by atoms with van der Waals surface area (Å²) in [4.78, 5) is 0. The van der Waals surface area contributed by atoms with E-state index in [-0.39, 0.29) is 24.8 Å². The Labute approximate surface area is 81.1 Å². The van der Waals surface area contributed by atoms with Gasteiger partial charge in [-0.15, -0.1) is 24.8 Å². The van der Waals surface area contributed by atoms with Crippen molar-refractivity contribution in [1.82, 2.24) is 5.43 Å². The highest BCUT2D eigenvalue weighted by atomic mass is 35.5. The van der Waals surface area contributed by atoms with Gasteiger partial charge in [0.1, 0.15) is 0 Å². The van der Waals surface area contributed by atoms with Crippen LogP contribution in [0.25, 0.3) is 0 Å². The van der Waals surface area contributed by atoms with Gasteiger partial charge in [0.15, 0.2) is 0 Å². The first-order chi connectivity index (χ1) is 4.34. The first kappa shape index (κ1) is 14.0. The maximum absolute atomic E-state index is 5.34. The number of hydrazine groups is 1. The molecule has 3 N–H and O–H groups in total. The summed E-state index contributed by atoms with van der Waals surface area (Å²) in [6, 6.07) is 0.582. The minimum absolute atomic E-state index is 0.